The van der Waals surface area contributed by atoms with E-state index in [1.165, 1.54) is 433 Å². The first kappa shape index (κ1) is 100.0. The average molecular weight is 1710 g/mol. The largest absolute Gasteiger partial charge is 0.0533 e. The molecule has 36 aliphatic carbocycles. The highest BCUT2D eigenvalue weighted by atomic mass is 14.5. The molecule has 14 bridgehead atoms. The van der Waals surface area contributed by atoms with Crippen molar-refractivity contribution >= 4 is 0 Å². The van der Waals surface area contributed by atoms with Gasteiger partial charge in [-0.2, -0.15) is 0 Å². The van der Waals surface area contributed by atoms with Gasteiger partial charge in [-0.1, -0.05) is 482 Å². The fraction of sp³-hybridized carbons (Fsp3) is 1.00. The van der Waals surface area contributed by atoms with E-state index < -0.39 is 0 Å². The van der Waals surface area contributed by atoms with Gasteiger partial charge in [0.2, 0.25) is 0 Å². The minimum atomic E-state index is 0.858. The lowest BCUT2D eigenvalue weighted by molar-refractivity contribution is 0.0197. The van der Waals surface area contributed by atoms with Crippen molar-refractivity contribution in [3.05, 3.63) is 0 Å². The summed E-state index contributed by atoms with van der Waals surface area (Å²) in [5, 5.41) is 0. The summed E-state index contributed by atoms with van der Waals surface area (Å²) in [5.74, 6) is 28.4. The van der Waals surface area contributed by atoms with Gasteiger partial charge in [-0.3, -0.25) is 0 Å². The fourth-order valence-electron chi connectivity index (χ4n) is 31.9. The predicted octanol–water partition coefficient (Wildman–Crippen LogP) is 41.6. The van der Waals surface area contributed by atoms with E-state index in [9.17, 15) is 0 Å². The molecule has 0 aromatic rings. The highest BCUT2D eigenvalue weighted by molar-refractivity contribution is 4.97. The molecule has 6 atom stereocenters. The summed E-state index contributed by atoms with van der Waals surface area (Å²) >= 11 is 0. The molecule has 0 radical (unpaired) electrons. The molecule has 0 aromatic heterocycles. The maximum atomic E-state index is 1.60. The van der Waals surface area contributed by atoms with Crippen molar-refractivity contribution in [1.29, 1.82) is 0 Å². The first-order valence-corrected chi connectivity index (χ1v) is 61.4. The van der Waals surface area contributed by atoms with Gasteiger partial charge in [0.05, 0.1) is 0 Å². The van der Waals surface area contributed by atoms with E-state index in [0.717, 1.165) is 29.1 Å². The van der Waals surface area contributed by atoms with E-state index in [0.29, 0.717) is 0 Å². The highest BCUT2D eigenvalue weighted by Gasteiger charge is 2.46. The van der Waals surface area contributed by atoms with Crippen molar-refractivity contribution in [1.82, 2.24) is 0 Å². The van der Waals surface area contributed by atoms with Crippen LogP contribution in [0.1, 0.15) is 636 Å². The lowest BCUT2D eigenvalue weighted by Crippen LogP contribution is -2.38. The second kappa shape index (κ2) is 58.4. The van der Waals surface area contributed by atoms with Crippen LogP contribution in [0.15, 0.2) is 0 Å². The number of fused-ring (bicyclic) bond motifs is 13. The molecule has 0 N–H and O–H groups in total. The quantitative estimate of drug-likeness (QED) is 0.212. The van der Waals surface area contributed by atoms with E-state index in [1.54, 1.807) is 321 Å². The molecule has 0 amide bonds. The monoisotopic (exact) mass is 1710 g/mol. The van der Waals surface area contributed by atoms with Gasteiger partial charge in [0.1, 0.15) is 0 Å². The van der Waals surface area contributed by atoms with Crippen LogP contribution in [0.25, 0.3) is 0 Å². The molecule has 36 saturated carbocycles. The topological polar surface area (TPSA) is 0 Å². The van der Waals surface area contributed by atoms with Gasteiger partial charge in [-0.15, -0.1) is 0 Å². The third-order valence-electron chi connectivity index (χ3n) is 41.7. The van der Waals surface area contributed by atoms with Crippen LogP contribution in [-0.2, 0) is 0 Å². The van der Waals surface area contributed by atoms with E-state index in [2.05, 4.69) is 0 Å². The summed E-state index contributed by atoms with van der Waals surface area (Å²) in [6.07, 6.45) is 152. The second-order valence-electron chi connectivity index (χ2n) is 52.0. The maximum Gasteiger partial charge on any atom is -0.0297 e. The average Bonchev–Trinajstić information content (AvgIpc) is 0.897. The lowest BCUT2D eigenvalue weighted by atomic mass is 9.56. The summed E-state index contributed by atoms with van der Waals surface area (Å²) in [4.78, 5) is 0. The molecular formula is C124H222. The summed E-state index contributed by atoms with van der Waals surface area (Å²) < 4.78 is 0. The predicted molar refractivity (Wildman–Crippen MR) is 543 cm³/mol. The standard InChI is InChI=1S/C11H20.C10H16.C10H18.3C8H14.C8H16.2C7H12.C7H14.2C6H10.C6H12.2C5H8.C5H10.C4H8.C3H6/c1-3-7-11(8-4-1)9-5-2-6-10-11;1-7-2-9-4-8(1)5-10(3-7)6-9;1-2-6-10-8-4-3-7-9(10)5-1;1-3-7-5-2-6-8(7)4-1;1-2-8-5-3-7(1)4-6-8;1-2-4-8-6-5-7(8)3-1;1-2-4-6-8-7-5-3-1;1-2-7-4-3-6(1)5-7;1-2-6-4-7(3-1)5-6;1-2-4-6-7-5-3-1;1-2-6-3-5(1)4-6;1-2-5-4-6(5)3-1;1-2-4-6-5-3-1;1-4-2-5(1)3-4;1-2-5-3-4(1)5;1-2-4-5-3-1;1-2-4-3-1;1-2-3-1/h1-10H2;7-10H,1-6H2;9-10H,1-8H2;3*7-8H,1-6H2;1-8H2;2*6-7H,1-5H2;1-7H2;2*5-6H,1-4H2;1-6H2;2*4-5H,1-3H2;1-5H2;1-4H2;1-3H2/t;;;;;7-,8+;;;;;;5-,6+;;;4-,5+;;;. The van der Waals surface area contributed by atoms with Crippen molar-refractivity contribution in [3.8, 4) is 0 Å². The van der Waals surface area contributed by atoms with Gasteiger partial charge in [-0.25, -0.2) is 0 Å². The van der Waals surface area contributed by atoms with Crippen molar-refractivity contribution in [2.75, 3.05) is 0 Å². The molecule has 124 heavy (non-hydrogen) atoms. The molecule has 718 valence electrons. The van der Waals surface area contributed by atoms with Crippen molar-refractivity contribution in [2.24, 2.45) is 147 Å². The number of hydrogen-bond donors (Lipinski definition) is 0. The van der Waals surface area contributed by atoms with Crippen LogP contribution in [0.3, 0.4) is 0 Å². The Kier molecular flexibility index (Phi) is 47.1. The van der Waals surface area contributed by atoms with Gasteiger partial charge < -0.3 is 0 Å². The lowest BCUT2D eigenvalue weighted by Gasteiger charge is -2.49. The summed E-state index contributed by atoms with van der Waals surface area (Å²) in [5.41, 5.74) is 0.858. The maximum absolute atomic E-state index is 1.60. The molecule has 0 nitrogen and oxygen atoms in total. The van der Waals surface area contributed by atoms with Crippen LogP contribution in [0.5, 0.6) is 0 Å². The zero-order chi connectivity index (χ0) is 84.4. The molecule has 0 aliphatic heterocycles. The SMILES string of the molecule is C1C2CC1C2.C1C2CC3CC1CC(C2)C3.C1CC1.C1CC2CC(C1)C2.C1CC2CC1C2.C1CC2CCC1C2.C1CC2CCC1CC2.C1CC2CCCC2C1.C1CCC1.C1CCC2(CC1)CCCCC2.C1CCC2CCCCC2C1.C1CCCC1.C1CCCCC1.C1CCCCCC1.C1CCCCCCC1.C1CC[C@H]2CC[C@H]2C1.C1C[C@@H]2C[C@@H]2C1.C1C[C@H]2C[C@@H]12. The second-order valence-corrected chi connectivity index (χ2v) is 52.0. The third kappa shape index (κ3) is 38.3. The van der Waals surface area contributed by atoms with Gasteiger partial charge in [-0.05, 0) is 302 Å². The molecule has 0 saturated heterocycles. The van der Waals surface area contributed by atoms with Gasteiger partial charge in [0, 0.05) is 0 Å². The molecule has 36 fully saturated rings. The smallest absolute Gasteiger partial charge is 0.0297 e. The summed E-state index contributed by atoms with van der Waals surface area (Å²) in [7, 11) is 0. The van der Waals surface area contributed by atoms with Gasteiger partial charge in [0.25, 0.3) is 0 Å². The van der Waals surface area contributed by atoms with E-state index >= 15 is 0 Å². The zero-order valence-corrected chi connectivity index (χ0v) is 84.4. The van der Waals surface area contributed by atoms with Crippen LogP contribution < -0.4 is 0 Å². The third-order valence-corrected chi connectivity index (χ3v) is 41.7. The molecular weight excluding hydrogens is 1490 g/mol. The highest BCUT2D eigenvalue weighted by Crippen LogP contribution is 2.58. The minimum absolute atomic E-state index is 0.858. The van der Waals surface area contributed by atoms with E-state index in [-0.39, 0.29) is 0 Å². The molecule has 1 spiro atoms. The summed E-state index contributed by atoms with van der Waals surface area (Å²) in [6.45, 7) is 0. The first-order valence-electron chi connectivity index (χ1n) is 61.4. The van der Waals surface area contributed by atoms with Crippen LogP contribution >= 0.6 is 0 Å². The Morgan fingerprint density at radius 2 is 0.226 bits per heavy atom. The van der Waals surface area contributed by atoms with Gasteiger partial charge >= 0.3 is 0 Å². The molecule has 0 unspecified atom stereocenters. The van der Waals surface area contributed by atoms with Crippen LogP contribution in [0, 0.1) is 147 Å². The Morgan fingerprint density at radius 3 is 0.355 bits per heavy atom. The van der Waals surface area contributed by atoms with Crippen molar-refractivity contribution < 1.29 is 0 Å². The molecule has 0 heterocycles. The first-order chi connectivity index (χ1) is 61.4. The number of hydrogen-bond acceptors (Lipinski definition) is 0. The molecule has 0 heteroatoms. The zero-order valence-electron chi connectivity index (χ0n) is 84.4. The Labute approximate surface area is 778 Å². The fourth-order valence-corrected chi connectivity index (χ4v) is 31.9. The molecule has 0 aromatic carbocycles. The number of rotatable bonds is 0. The minimum Gasteiger partial charge on any atom is -0.0533 e. The Bertz CT molecular complexity index is 2270. The summed E-state index contributed by atoms with van der Waals surface area (Å²) in [6, 6.07) is 0. The molecule has 36 aliphatic rings. The Hall–Kier alpha value is 0. The van der Waals surface area contributed by atoms with E-state index in [4.69, 9.17) is 0 Å². The van der Waals surface area contributed by atoms with Crippen molar-refractivity contribution in [2.45, 2.75) is 636 Å². The normalized spacial score (nSPS) is 40.8. The van der Waals surface area contributed by atoms with Crippen LogP contribution in [-0.4, -0.2) is 0 Å². The van der Waals surface area contributed by atoms with Crippen LogP contribution in [0.4, 0.5) is 0 Å². The van der Waals surface area contributed by atoms with E-state index in [1.807, 2.05) is 0 Å². The Balaban J connectivity index is 0.000000107. The Morgan fingerprint density at radius 1 is 0.0806 bits per heavy atom. The van der Waals surface area contributed by atoms with Gasteiger partial charge in [0.15, 0.2) is 0 Å². The van der Waals surface area contributed by atoms with Crippen molar-refractivity contribution in [3.63, 3.8) is 0 Å². The van der Waals surface area contributed by atoms with Crippen LogP contribution in [0.2, 0.25) is 0 Å². The molecule has 36 rings (SSSR count).